The standard InChI is InChI=1S/C13H18FNO2/c1-10(2)15(3)7-8-17-13(16)11-5-4-6-12(14)9-11/h4-6,9-10H,7-8H2,1-3H3. The first-order valence-corrected chi connectivity index (χ1v) is 5.63. The van der Waals surface area contributed by atoms with Crippen LogP contribution in [-0.4, -0.2) is 37.1 Å². The zero-order chi connectivity index (χ0) is 12.8. The number of nitrogens with zero attached hydrogens (tertiary/aromatic N) is 1. The molecule has 1 rings (SSSR count). The van der Waals surface area contributed by atoms with E-state index in [2.05, 4.69) is 18.7 Å². The summed E-state index contributed by atoms with van der Waals surface area (Å²) in [6, 6.07) is 5.91. The van der Waals surface area contributed by atoms with E-state index >= 15 is 0 Å². The van der Waals surface area contributed by atoms with Gasteiger partial charge in [-0.1, -0.05) is 6.07 Å². The molecule has 0 unspecified atom stereocenters. The van der Waals surface area contributed by atoms with Gasteiger partial charge in [0, 0.05) is 12.6 Å². The van der Waals surface area contributed by atoms with Crippen molar-refractivity contribution in [2.24, 2.45) is 0 Å². The minimum atomic E-state index is -0.485. The van der Waals surface area contributed by atoms with E-state index in [1.165, 1.54) is 24.3 Å². The number of likely N-dealkylation sites (N-methyl/N-ethyl adjacent to an activating group) is 1. The quantitative estimate of drug-likeness (QED) is 0.738. The second-order valence-corrected chi connectivity index (χ2v) is 4.22. The number of esters is 1. The maximum atomic E-state index is 12.9. The van der Waals surface area contributed by atoms with Gasteiger partial charge in [-0.3, -0.25) is 0 Å². The highest BCUT2D eigenvalue weighted by molar-refractivity contribution is 5.89. The van der Waals surface area contributed by atoms with Crippen LogP contribution in [0.1, 0.15) is 24.2 Å². The number of hydrogen-bond donors (Lipinski definition) is 0. The minimum absolute atomic E-state index is 0.247. The Morgan fingerprint density at radius 2 is 2.18 bits per heavy atom. The molecule has 0 atom stereocenters. The van der Waals surface area contributed by atoms with Gasteiger partial charge in [0.1, 0.15) is 12.4 Å². The molecule has 3 nitrogen and oxygen atoms in total. The first-order chi connectivity index (χ1) is 8.00. The largest absolute Gasteiger partial charge is 0.461 e. The smallest absolute Gasteiger partial charge is 0.338 e. The van der Waals surface area contributed by atoms with Gasteiger partial charge in [0.2, 0.25) is 0 Å². The molecule has 0 spiro atoms. The molecule has 17 heavy (non-hydrogen) atoms. The first-order valence-electron chi connectivity index (χ1n) is 5.63. The molecule has 0 fully saturated rings. The Hall–Kier alpha value is -1.42. The van der Waals surface area contributed by atoms with Gasteiger partial charge >= 0.3 is 5.97 Å². The molecule has 0 aliphatic rings. The van der Waals surface area contributed by atoms with E-state index in [0.717, 1.165) is 0 Å². The molecule has 0 bridgehead atoms. The van der Waals surface area contributed by atoms with Crippen LogP contribution in [-0.2, 0) is 4.74 Å². The van der Waals surface area contributed by atoms with Crippen LogP contribution in [0.25, 0.3) is 0 Å². The van der Waals surface area contributed by atoms with Crippen molar-refractivity contribution in [3.05, 3.63) is 35.6 Å². The topological polar surface area (TPSA) is 29.5 Å². The number of ether oxygens (including phenoxy) is 1. The van der Waals surface area contributed by atoms with E-state index < -0.39 is 11.8 Å². The third kappa shape index (κ3) is 4.53. The molecule has 0 N–H and O–H groups in total. The SMILES string of the molecule is CC(C)N(C)CCOC(=O)c1cccc(F)c1. The average molecular weight is 239 g/mol. The molecule has 0 radical (unpaired) electrons. The van der Waals surface area contributed by atoms with Crippen molar-refractivity contribution < 1.29 is 13.9 Å². The summed E-state index contributed by atoms with van der Waals surface area (Å²) in [7, 11) is 1.96. The molecule has 0 amide bonds. The van der Waals surface area contributed by atoms with Gasteiger partial charge in [-0.2, -0.15) is 0 Å². The third-order valence-electron chi connectivity index (χ3n) is 2.62. The van der Waals surface area contributed by atoms with Gasteiger partial charge in [-0.05, 0) is 39.1 Å². The van der Waals surface area contributed by atoms with E-state index in [0.29, 0.717) is 19.2 Å². The Labute approximate surface area is 101 Å². The van der Waals surface area contributed by atoms with Gasteiger partial charge in [0.05, 0.1) is 5.56 Å². The summed E-state index contributed by atoms with van der Waals surface area (Å²) >= 11 is 0. The predicted octanol–water partition coefficient (Wildman–Crippen LogP) is 2.32. The number of halogens is 1. The molecule has 4 heteroatoms. The summed E-state index contributed by atoms with van der Waals surface area (Å²) in [4.78, 5) is 13.6. The lowest BCUT2D eigenvalue weighted by molar-refractivity contribution is 0.0460. The van der Waals surface area contributed by atoms with Gasteiger partial charge in [0.15, 0.2) is 0 Å². The maximum absolute atomic E-state index is 12.9. The molecule has 0 aliphatic heterocycles. The monoisotopic (exact) mass is 239 g/mol. The van der Waals surface area contributed by atoms with Crippen molar-refractivity contribution in [2.45, 2.75) is 19.9 Å². The summed E-state index contributed by atoms with van der Waals surface area (Å²) in [5.41, 5.74) is 0.247. The Morgan fingerprint density at radius 3 is 2.76 bits per heavy atom. The van der Waals surface area contributed by atoms with Crippen LogP contribution in [0.5, 0.6) is 0 Å². The second kappa shape index (κ2) is 6.35. The molecule has 1 aromatic carbocycles. The highest BCUT2D eigenvalue weighted by atomic mass is 19.1. The fraction of sp³-hybridized carbons (Fsp3) is 0.462. The Balaban J connectivity index is 2.40. The molecule has 0 heterocycles. The Kier molecular flexibility index (Phi) is 5.10. The number of rotatable bonds is 5. The number of carbonyl (C=O) groups excluding carboxylic acids is 1. The van der Waals surface area contributed by atoms with Crippen molar-refractivity contribution in [2.75, 3.05) is 20.2 Å². The van der Waals surface area contributed by atoms with E-state index in [4.69, 9.17) is 4.74 Å². The van der Waals surface area contributed by atoms with Crippen LogP contribution in [0.4, 0.5) is 4.39 Å². The molecular weight excluding hydrogens is 221 g/mol. The third-order valence-corrected chi connectivity index (χ3v) is 2.62. The lowest BCUT2D eigenvalue weighted by atomic mass is 10.2. The highest BCUT2D eigenvalue weighted by Gasteiger charge is 2.09. The first kappa shape index (κ1) is 13.6. The minimum Gasteiger partial charge on any atom is -0.461 e. The van der Waals surface area contributed by atoms with E-state index in [-0.39, 0.29) is 5.56 Å². The van der Waals surface area contributed by atoms with Crippen molar-refractivity contribution in [1.82, 2.24) is 4.90 Å². The van der Waals surface area contributed by atoms with Gasteiger partial charge in [-0.25, -0.2) is 9.18 Å². The van der Waals surface area contributed by atoms with Crippen LogP contribution in [0.2, 0.25) is 0 Å². The Morgan fingerprint density at radius 1 is 1.47 bits per heavy atom. The van der Waals surface area contributed by atoms with E-state index in [1.54, 1.807) is 0 Å². The molecule has 0 saturated carbocycles. The molecule has 0 aromatic heterocycles. The second-order valence-electron chi connectivity index (χ2n) is 4.22. The van der Waals surface area contributed by atoms with Crippen LogP contribution in [0.3, 0.4) is 0 Å². The highest BCUT2D eigenvalue weighted by Crippen LogP contribution is 2.05. The molecule has 0 aliphatic carbocycles. The summed E-state index contributed by atoms with van der Waals surface area (Å²) < 4.78 is 17.9. The number of carbonyl (C=O) groups is 1. The van der Waals surface area contributed by atoms with Crippen LogP contribution >= 0.6 is 0 Å². The number of hydrogen-bond acceptors (Lipinski definition) is 3. The summed E-state index contributed by atoms with van der Waals surface area (Å²) in [6.07, 6.45) is 0. The predicted molar refractivity (Wildman–Crippen MR) is 64.4 cm³/mol. The van der Waals surface area contributed by atoms with Crippen molar-refractivity contribution >= 4 is 5.97 Å². The van der Waals surface area contributed by atoms with E-state index in [1.807, 2.05) is 7.05 Å². The molecular formula is C13H18FNO2. The Bertz CT molecular complexity index is 379. The maximum Gasteiger partial charge on any atom is 0.338 e. The zero-order valence-electron chi connectivity index (χ0n) is 10.4. The number of benzene rings is 1. The zero-order valence-corrected chi connectivity index (χ0v) is 10.4. The van der Waals surface area contributed by atoms with Crippen molar-refractivity contribution in [1.29, 1.82) is 0 Å². The van der Waals surface area contributed by atoms with Crippen LogP contribution < -0.4 is 0 Å². The van der Waals surface area contributed by atoms with Crippen LogP contribution in [0.15, 0.2) is 24.3 Å². The fourth-order valence-corrected chi connectivity index (χ4v) is 1.24. The van der Waals surface area contributed by atoms with Crippen molar-refractivity contribution in [3.8, 4) is 0 Å². The van der Waals surface area contributed by atoms with Gasteiger partial charge < -0.3 is 9.64 Å². The van der Waals surface area contributed by atoms with Gasteiger partial charge in [0.25, 0.3) is 0 Å². The molecule has 94 valence electrons. The average Bonchev–Trinajstić information content (AvgIpc) is 2.28. The lowest BCUT2D eigenvalue weighted by Gasteiger charge is -2.20. The lowest BCUT2D eigenvalue weighted by Crippen LogP contribution is -2.30. The fourth-order valence-electron chi connectivity index (χ4n) is 1.24. The van der Waals surface area contributed by atoms with E-state index in [9.17, 15) is 9.18 Å². The molecule has 1 aromatic rings. The molecule has 0 saturated heterocycles. The van der Waals surface area contributed by atoms with Gasteiger partial charge in [-0.15, -0.1) is 0 Å². The summed E-state index contributed by atoms with van der Waals surface area (Å²) in [5, 5.41) is 0. The van der Waals surface area contributed by atoms with Crippen molar-refractivity contribution in [3.63, 3.8) is 0 Å². The summed E-state index contributed by atoms with van der Waals surface area (Å²) in [5.74, 6) is -0.916. The van der Waals surface area contributed by atoms with Crippen LogP contribution in [0, 0.1) is 5.82 Å². The summed E-state index contributed by atoms with van der Waals surface area (Å²) in [6.45, 7) is 5.10. The normalized spacial score (nSPS) is 10.9.